The molecule has 0 amide bonds. The van der Waals surface area contributed by atoms with E-state index < -0.39 is 17.2 Å². The van der Waals surface area contributed by atoms with Gasteiger partial charge in [-0.1, -0.05) is 6.07 Å². The van der Waals surface area contributed by atoms with Crippen LogP contribution in [0.3, 0.4) is 0 Å². The standard InChI is InChI=1S/C18H19F2NO3/c1-3-24-14-5-7-17(22)12(8-14)10-21-11-18(2,23)15-6-4-13(19)9-16(15)20/h4-10,22-23H,3,11H2,1-2H3. The summed E-state index contributed by atoms with van der Waals surface area (Å²) in [6.45, 7) is 3.56. The fourth-order valence-corrected chi connectivity index (χ4v) is 2.23. The zero-order valence-corrected chi connectivity index (χ0v) is 13.5. The van der Waals surface area contributed by atoms with Crippen molar-refractivity contribution in [2.45, 2.75) is 19.4 Å². The molecule has 0 aliphatic rings. The molecule has 0 radical (unpaired) electrons. The molecule has 1 unspecified atom stereocenters. The third-order valence-electron chi connectivity index (χ3n) is 3.45. The van der Waals surface area contributed by atoms with Gasteiger partial charge >= 0.3 is 0 Å². The average molecular weight is 335 g/mol. The number of aliphatic imine (C=N–C) groups is 1. The second kappa shape index (κ2) is 7.40. The van der Waals surface area contributed by atoms with E-state index in [0.717, 1.165) is 6.07 Å². The molecular formula is C18H19F2NO3. The highest BCUT2D eigenvalue weighted by molar-refractivity contribution is 5.84. The Morgan fingerprint density at radius 2 is 1.96 bits per heavy atom. The maximum Gasteiger partial charge on any atom is 0.132 e. The lowest BCUT2D eigenvalue weighted by Gasteiger charge is -2.22. The lowest BCUT2D eigenvalue weighted by Crippen LogP contribution is -2.26. The van der Waals surface area contributed by atoms with Gasteiger partial charge in [0.05, 0.1) is 13.2 Å². The summed E-state index contributed by atoms with van der Waals surface area (Å²) in [4.78, 5) is 4.06. The van der Waals surface area contributed by atoms with Crippen LogP contribution in [0.5, 0.6) is 11.5 Å². The van der Waals surface area contributed by atoms with Gasteiger partial charge in [0.1, 0.15) is 28.7 Å². The summed E-state index contributed by atoms with van der Waals surface area (Å²) in [5, 5.41) is 20.2. The van der Waals surface area contributed by atoms with Crippen molar-refractivity contribution in [2.24, 2.45) is 4.99 Å². The third kappa shape index (κ3) is 4.29. The summed E-state index contributed by atoms with van der Waals surface area (Å²) in [7, 11) is 0. The summed E-state index contributed by atoms with van der Waals surface area (Å²) < 4.78 is 32.1. The second-order valence-electron chi connectivity index (χ2n) is 5.52. The van der Waals surface area contributed by atoms with E-state index in [1.807, 2.05) is 6.92 Å². The van der Waals surface area contributed by atoms with Gasteiger partial charge in [-0.05, 0) is 38.1 Å². The highest BCUT2D eigenvalue weighted by Crippen LogP contribution is 2.25. The van der Waals surface area contributed by atoms with Crippen LogP contribution in [0, 0.1) is 11.6 Å². The van der Waals surface area contributed by atoms with Crippen LogP contribution in [0.15, 0.2) is 41.4 Å². The smallest absolute Gasteiger partial charge is 0.132 e. The fraction of sp³-hybridized carbons (Fsp3) is 0.278. The van der Waals surface area contributed by atoms with E-state index in [1.165, 1.54) is 25.3 Å². The van der Waals surface area contributed by atoms with Crippen molar-refractivity contribution in [3.05, 3.63) is 59.2 Å². The van der Waals surface area contributed by atoms with Crippen LogP contribution in [0.1, 0.15) is 25.0 Å². The Morgan fingerprint density at radius 3 is 2.62 bits per heavy atom. The van der Waals surface area contributed by atoms with Crippen LogP contribution in [0.2, 0.25) is 0 Å². The molecule has 2 aromatic rings. The topological polar surface area (TPSA) is 62.0 Å². The van der Waals surface area contributed by atoms with Crippen LogP contribution in [0.25, 0.3) is 0 Å². The first-order valence-electron chi connectivity index (χ1n) is 7.47. The Morgan fingerprint density at radius 1 is 1.21 bits per heavy atom. The number of phenols is 1. The normalized spacial score (nSPS) is 13.9. The number of halogens is 2. The Kier molecular flexibility index (Phi) is 5.51. The Labute approximate surface area is 139 Å². The fourth-order valence-electron chi connectivity index (χ4n) is 2.23. The van der Waals surface area contributed by atoms with Crippen molar-refractivity contribution in [1.29, 1.82) is 0 Å². The summed E-state index contributed by atoms with van der Waals surface area (Å²) in [5.41, 5.74) is -1.24. The molecule has 2 N–H and O–H groups in total. The van der Waals surface area contributed by atoms with E-state index >= 15 is 0 Å². The molecular weight excluding hydrogens is 316 g/mol. The summed E-state index contributed by atoms with van der Waals surface area (Å²) >= 11 is 0. The van der Waals surface area contributed by atoms with E-state index in [-0.39, 0.29) is 17.9 Å². The Hall–Kier alpha value is -2.47. The molecule has 0 aliphatic carbocycles. The van der Waals surface area contributed by atoms with Crippen LogP contribution in [-0.4, -0.2) is 29.6 Å². The largest absolute Gasteiger partial charge is 0.507 e. The molecule has 4 nitrogen and oxygen atoms in total. The first-order valence-corrected chi connectivity index (χ1v) is 7.47. The summed E-state index contributed by atoms with van der Waals surface area (Å²) in [6.07, 6.45) is 1.37. The average Bonchev–Trinajstić information content (AvgIpc) is 2.50. The van der Waals surface area contributed by atoms with Crippen LogP contribution >= 0.6 is 0 Å². The third-order valence-corrected chi connectivity index (χ3v) is 3.45. The number of rotatable bonds is 6. The highest BCUT2D eigenvalue weighted by atomic mass is 19.1. The molecule has 2 rings (SSSR count). The molecule has 1 atom stereocenters. The quantitative estimate of drug-likeness (QED) is 0.796. The molecule has 0 heterocycles. The molecule has 0 aliphatic heterocycles. The first-order chi connectivity index (χ1) is 11.3. The maximum atomic E-state index is 13.8. The lowest BCUT2D eigenvalue weighted by atomic mass is 9.95. The number of phenolic OH excluding ortho intramolecular Hbond substituents is 1. The van der Waals surface area contributed by atoms with Crippen molar-refractivity contribution in [3.63, 3.8) is 0 Å². The molecule has 0 bridgehead atoms. The number of aromatic hydroxyl groups is 1. The monoisotopic (exact) mass is 335 g/mol. The predicted octanol–water partition coefficient (Wildman–Crippen LogP) is 3.40. The summed E-state index contributed by atoms with van der Waals surface area (Å²) in [5.74, 6) is -0.965. The maximum absolute atomic E-state index is 13.8. The van der Waals surface area contributed by atoms with Crippen molar-refractivity contribution in [2.75, 3.05) is 13.2 Å². The van der Waals surface area contributed by atoms with Gasteiger partial charge in [-0.3, -0.25) is 4.99 Å². The molecule has 0 fully saturated rings. The van der Waals surface area contributed by atoms with Gasteiger partial charge in [0, 0.05) is 23.4 Å². The SMILES string of the molecule is CCOc1ccc(O)c(C=NCC(C)(O)c2ccc(F)cc2F)c1. The van der Waals surface area contributed by atoms with Crippen molar-refractivity contribution in [3.8, 4) is 11.5 Å². The van der Waals surface area contributed by atoms with E-state index in [4.69, 9.17) is 4.74 Å². The molecule has 128 valence electrons. The number of hydrogen-bond acceptors (Lipinski definition) is 4. The Balaban J connectivity index is 2.16. The van der Waals surface area contributed by atoms with Gasteiger partial charge in [0.2, 0.25) is 0 Å². The summed E-state index contributed by atoms with van der Waals surface area (Å²) in [6, 6.07) is 7.69. The molecule has 6 heteroatoms. The van der Waals surface area contributed by atoms with Gasteiger partial charge in [-0.2, -0.15) is 0 Å². The molecule has 0 aromatic heterocycles. The van der Waals surface area contributed by atoms with E-state index in [9.17, 15) is 19.0 Å². The van der Waals surface area contributed by atoms with Gasteiger partial charge in [-0.25, -0.2) is 8.78 Å². The molecule has 24 heavy (non-hydrogen) atoms. The molecule has 0 spiro atoms. The minimum atomic E-state index is -1.61. The molecule has 2 aromatic carbocycles. The predicted molar refractivity (Wildman–Crippen MR) is 87.7 cm³/mol. The van der Waals surface area contributed by atoms with Crippen molar-refractivity contribution < 1.29 is 23.7 Å². The minimum absolute atomic E-state index is 0.00908. The zero-order valence-electron chi connectivity index (χ0n) is 13.5. The number of benzene rings is 2. The van der Waals surface area contributed by atoms with Gasteiger partial charge < -0.3 is 14.9 Å². The van der Waals surface area contributed by atoms with E-state index in [1.54, 1.807) is 12.1 Å². The van der Waals surface area contributed by atoms with E-state index in [0.29, 0.717) is 24.0 Å². The highest BCUT2D eigenvalue weighted by Gasteiger charge is 2.26. The Bertz CT molecular complexity index is 745. The minimum Gasteiger partial charge on any atom is -0.507 e. The van der Waals surface area contributed by atoms with Crippen molar-refractivity contribution >= 4 is 6.21 Å². The number of nitrogens with zero attached hydrogens (tertiary/aromatic N) is 1. The second-order valence-corrected chi connectivity index (χ2v) is 5.52. The van der Waals surface area contributed by atoms with Crippen LogP contribution < -0.4 is 4.74 Å². The van der Waals surface area contributed by atoms with Crippen molar-refractivity contribution in [1.82, 2.24) is 0 Å². The van der Waals surface area contributed by atoms with Gasteiger partial charge in [-0.15, -0.1) is 0 Å². The number of aliphatic hydroxyl groups is 1. The van der Waals surface area contributed by atoms with Gasteiger partial charge in [0.25, 0.3) is 0 Å². The first kappa shape index (κ1) is 17.9. The zero-order chi connectivity index (χ0) is 17.7. The van der Waals surface area contributed by atoms with Gasteiger partial charge in [0.15, 0.2) is 0 Å². The lowest BCUT2D eigenvalue weighted by molar-refractivity contribution is 0.0635. The number of hydrogen-bond donors (Lipinski definition) is 2. The van der Waals surface area contributed by atoms with E-state index in [2.05, 4.69) is 4.99 Å². The molecule has 0 saturated heterocycles. The molecule has 0 saturated carbocycles. The van der Waals surface area contributed by atoms with Crippen LogP contribution in [-0.2, 0) is 5.60 Å². The van der Waals surface area contributed by atoms with Crippen LogP contribution in [0.4, 0.5) is 8.78 Å². The number of ether oxygens (including phenoxy) is 1.